The summed E-state index contributed by atoms with van der Waals surface area (Å²) in [5.74, 6) is 4.59. The Morgan fingerprint density at radius 1 is 1.50 bits per heavy atom. The molecule has 1 amide bonds. The van der Waals surface area contributed by atoms with Crippen molar-refractivity contribution in [2.45, 2.75) is 6.54 Å². The van der Waals surface area contributed by atoms with Crippen molar-refractivity contribution in [2.24, 2.45) is 12.9 Å². The smallest absolute Gasteiger partial charge is 0.290 e. The molecule has 0 aliphatic rings. The van der Waals surface area contributed by atoms with Crippen LogP contribution in [0.3, 0.4) is 0 Å². The molecule has 0 saturated heterocycles. The SMILES string of the molecule is Cn1cnn(Cc2ccc(C(=O)NN)cn2)c1=O. The molecular formula is C10H12N6O2. The Morgan fingerprint density at radius 2 is 2.28 bits per heavy atom. The Kier molecular flexibility index (Phi) is 3.20. The Hall–Kier alpha value is -2.48. The third kappa shape index (κ3) is 2.28. The van der Waals surface area contributed by atoms with Gasteiger partial charge in [-0.05, 0) is 12.1 Å². The van der Waals surface area contributed by atoms with Gasteiger partial charge in [0.1, 0.15) is 6.33 Å². The molecule has 2 aromatic rings. The van der Waals surface area contributed by atoms with E-state index in [1.54, 1.807) is 19.2 Å². The van der Waals surface area contributed by atoms with Gasteiger partial charge in [0.05, 0.1) is 17.8 Å². The van der Waals surface area contributed by atoms with Gasteiger partial charge in [-0.15, -0.1) is 0 Å². The molecule has 8 nitrogen and oxygen atoms in total. The minimum Gasteiger partial charge on any atom is -0.290 e. The van der Waals surface area contributed by atoms with E-state index in [4.69, 9.17) is 5.84 Å². The molecule has 0 unspecified atom stereocenters. The molecule has 2 heterocycles. The van der Waals surface area contributed by atoms with Gasteiger partial charge in [0, 0.05) is 13.2 Å². The Balaban J connectivity index is 2.18. The second-order valence-corrected chi connectivity index (χ2v) is 3.69. The lowest BCUT2D eigenvalue weighted by molar-refractivity contribution is 0.0953. The molecule has 0 fully saturated rings. The number of hydrazine groups is 1. The lowest BCUT2D eigenvalue weighted by atomic mass is 10.2. The first-order valence-electron chi connectivity index (χ1n) is 5.16. The molecule has 0 bridgehead atoms. The van der Waals surface area contributed by atoms with Crippen molar-refractivity contribution in [3.8, 4) is 0 Å². The molecule has 0 atom stereocenters. The molecule has 2 rings (SSSR count). The number of hydrogen-bond donors (Lipinski definition) is 2. The van der Waals surface area contributed by atoms with E-state index in [0.717, 1.165) is 0 Å². The molecule has 2 aromatic heterocycles. The number of nitrogens with one attached hydrogen (secondary N) is 1. The predicted molar refractivity (Wildman–Crippen MR) is 62.5 cm³/mol. The van der Waals surface area contributed by atoms with Gasteiger partial charge in [-0.2, -0.15) is 5.10 Å². The number of hydrogen-bond acceptors (Lipinski definition) is 5. The van der Waals surface area contributed by atoms with Crippen molar-refractivity contribution in [2.75, 3.05) is 0 Å². The van der Waals surface area contributed by atoms with Gasteiger partial charge in [0.2, 0.25) is 0 Å². The zero-order chi connectivity index (χ0) is 13.1. The highest BCUT2D eigenvalue weighted by atomic mass is 16.2. The van der Waals surface area contributed by atoms with Crippen LogP contribution < -0.4 is 17.0 Å². The Bertz CT molecular complexity index is 612. The van der Waals surface area contributed by atoms with Crippen LogP contribution in [0.25, 0.3) is 0 Å². The molecular weight excluding hydrogens is 236 g/mol. The van der Waals surface area contributed by atoms with E-state index in [9.17, 15) is 9.59 Å². The van der Waals surface area contributed by atoms with Crippen LogP contribution in [-0.4, -0.2) is 25.2 Å². The molecule has 94 valence electrons. The summed E-state index contributed by atoms with van der Waals surface area (Å²) in [6, 6.07) is 3.23. The number of pyridine rings is 1. The van der Waals surface area contributed by atoms with Crippen LogP contribution in [-0.2, 0) is 13.6 Å². The summed E-state index contributed by atoms with van der Waals surface area (Å²) in [4.78, 5) is 26.8. The molecule has 8 heteroatoms. The van der Waals surface area contributed by atoms with Crippen molar-refractivity contribution < 1.29 is 4.79 Å². The summed E-state index contributed by atoms with van der Waals surface area (Å²) in [5.41, 5.74) is 2.78. The fraction of sp³-hybridized carbons (Fsp3) is 0.200. The van der Waals surface area contributed by atoms with Crippen molar-refractivity contribution in [1.29, 1.82) is 0 Å². The summed E-state index contributed by atoms with van der Waals surface area (Å²) in [6.07, 6.45) is 2.82. The van der Waals surface area contributed by atoms with Gasteiger partial charge in [0.25, 0.3) is 5.91 Å². The lowest BCUT2D eigenvalue weighted by Gasteiger charge is -2.02. The van der Waals surface area contributed by atoms with Crippen LogP contribution in [0.4, 0.5) is 0 Å². The molecule has 0 saturated carbocycles. The third-order valence-electron chi connectivity index (χ3n) is 2.42. The van der Waals surface area contributed by atoms with E-state index in [-0.39, 0.29) is 12.2 Å². The normalized spacial score (nSPS) is 10.3. The maximum Gasteiger partial charge on any atom is 0.345 e. The number of aryl methyl sites for hydroxylation is 1. The van der Waals surface area contributed by atoms with Crippen molar-refractivity contribution in [3.63, 3.8) is 0 Å². The topological polar surface area (TPSA) is 108 Å². The summed E-state index contributed by atoms with van der Waals surface area (Å²) in [7, 11) is 1.62. The maximum absolute atomic E-state index is 11.5. The van der Waals surface area contributed by atoms with Gasteiger partial charge in [-0.1, -0.05) is 0 Å². The first-order valence-corrected chi connectivity index (χ1v) is 5.16. The minimum atomic E-state index is -0.413. The predicted octanol–water partition coefficient (Wildman–Crippen LogP) is -1.37. The van der Waals surface area contributed by atoms with E-state index >= 15 is 0 Å². The number of rotatable bonds is 3. The number of aromatic nitrogens is 4. The van der Waals surface area contributed by atoms with Gasteiger partial charge in [-0.3, -0.25) is 19.8 Å². The fourth-order valence-corrected chi connectivity index (χ4v) is 1.42. The lowest BCUT2D eigenvalue weighted by Crippen LogP contribution is -2.30. The monoisotopic (exact) mass is 248 g/mol. The first kappa shape index (κ1) is 12.0. The van der Waals surface area contributed by atoms with Crippen LogP contribution in [0.5, 0.6) is 0 Å². The molecule has 18 heavy (non-hydrogen) atoms. The fourth-order valence-electron chi connectivity index (χ4n) is 1.42. The standard InChI is InChI=1S/C10H12N6O2/c1-15-6-13-16(10(15)18)5-8-3-2-7(4-12-8)9(17)14-11/h2-4,6H,5,11H2,1H3,(H,14,17). The number of nitrogens with two attached hydrogens (primary N) is 1. The molecule has 0 radical (unpaired) electrons. The van der Waals surface area contributed by atoms with E-state index in [0.29, 0.717) is 11.3 Å². The quantitative estimate of drug-likeness (QED) is 0.396. The molecule has 3 N–H and O–H groups in total. The number of nitrogens with zero attached hydrogens (tertiary/aromatic N) is 4. The summed E-state index contributed by atoms with van der Waals surface area (Å²) in [5, 5.41) is 3.91. The highest BCUT2D eigenvalue weighted by Gasteiger charge is 2.06. The Labute approximate surface area is 102 Å². The van der Waals surface area contributed by atoms with Crippen molar-refractivity contribution in [3.05, 3.63) is 46.4 Å². The average Bonchev–Trinajstić information content (AvgIpc) is 2.71. The molecule has 0 aliphatic carbocycles. The third-order valence-corrected chi connectivity index (χ3v) is 2.42. The number of amides is 1. The number of nitrogen functional groups attached to an aromatic ring is 1. The highest BCUT2D eigenvalue weighted by molar-refractivity contribution is 5.93. The maximum atomic E-state index is 11.5. The molecule has 0 spiro atoms. The van der Waals surface area contributed by atoms with E-state index in [2.05, 4.69) is 10.1 Å². The minimum absolute atomic E-state index is 0.222. The molecule has 0 aliphatic heterocycles. The van der Waals surface area contributed by atoms with Crippen LogP contribution in [0.1, 0.15) is 16.1 Å². The average molecular weight is 248 g/mol. The van der Waals surface area contributed by atoms with Crippen LogP contribution in [0.2, 0.25) is 0 Å². The zero-order valence-corrected chi connectivity index (χ0v) is 9.70. The second kappa shape index (κ2) is 4.80. The van der Waals surface area contributed by atoms with E-state index in [1.165, 1.54) is 21.8 Å². The Morgan fingerprint density at radius 3 is 2.78 bits per heavy atom. The zero-order valence-electron chi connectivity index (χ0n) is 9.70. The van der Waals surface area contributed by atoms with Crippen molar-refractivity contribution in [1.82, 2.24) is 24.8 Å². The van der Waals surface area contributed by atoms with Crippen LogP contribution >= 0.6 is 0 Å². The van der Waals surface area contributed by atoms with E-state index in [1.807, 2.05) is 5.43 Å². The molecule has 0 aromatic carbocycles. The largest absolute Gasteiger partial charge is 0.345 e. The van der Waals surface area contributed by atoms with Gasteiger partial charge < -0.3 is 0 Å². The van der Waals surface area contributed by atoms with Crippen LogP contribution in [0.15, 0.2) is 29.5 Å². The highest BCUT2D eigenvalue weighted by Crippen LogP contribution is 2.00. The number of carbonyl (C=O) groups excluding carboxylic acids is 1. The summed E-state index contributed by atoms with van der Waals surface area (Å²) < 4.78 is 2.65. The number of carbonyl (C=O) groups is 1. The first-order chi connectivity index (χ1) is 8.61. The van der Waals surface area contributed by atoms with Gasteiger partial charge in [-0.25, -0.2) is 15.3 Å². The summed E-state index contributed by atoms with van der Waals surface area (Å²) in [6.45, 7) is 0.254. The van der Waals surface area contributed by atoms with Gasteiger partial charge >= 0.3 is 5.69 Å². The summed E-state index contributed by atoms with van der Waals surface area (Å²) >= 11 is 0. The van der Waals surface area contributed by atoms with Crippen LogP contribution in [0, 0.1) is 0 Å². The second-order valence-electron chi connectivity index (χ2n) is 3.69. The van der Waals surface area contributed by atoms with E-state index < -0.39 is 5.91 Å². The van der Waals surface area contributed by atoms with Crippen molar-refractivity contribution >= 4 is 5.91 Å². The van der Waals surface area contributed by atoms with Gasteiger partial charge in [0.15, 0.2) is 0 Å².